The summed E-state index contributed by atoms with van der Waals surface area (Å²) in [7, 11) is 0. The Bertz CT molecular complexity index is 713. The molecule has 0 unspecified atom stereocenters. The molecule has 3 rings (SSSR count). The molecule has 140 valence electrons. The lowest BCUT2D eigenvalue weighted by Crippen LogP contribution is -2.37. The van der Waals surface area contributed by atoms with E-state index in [4.69, 9.17) is 9.15 Å². The van der Waals surface area contributed by atoms with Gasteiger partial charge < -0.3 is 24.7 Å². The topological polar surface area (TPSA) is 83.8 Å². The fourth-order valence-corrected chi connectivity index (χ4v) is 2.60. The maximum Gasteiger partial charge on any atom is 0.291 e. The monoisotopic (exact) mass is 379 g/mol. The predicted molar refractivity (Wildman–Crippen MR) is 99.9 cm³/mol. The molecule has 0 saturated carbocycles. The number of benzene rings is 1. The largest absolute Gasteiger partial charge is 0.484 e. The van der Waals surface area contributed by atoms with Crippen LogP contribution in [-0.2, 0) is 4.79 Å². The summed E-state index contributed by atoms with van der Waals surface area (Å²) in [5.41, 5.74) is 0.574. The molecule has 0 bridgehead atoms. The fourth-order valence-electron chi connectivity index (χ4n) is 2.60. The van der Waals surface area contributed by atoms with Crippen molar-refractivity contribution in [2.45, 2.75) is 6.42 Å². The van der Waals surface area contributed by atoms with E-state index in [0.29, 0.717) is 18.0 Å². The number of ether oxygens (including phenoxy) is 1. The number of amides is 2. The summed E-state index contributed by atoms with van der Waals surface area (Å²) < 4.78 is 10.6. The molecule has 8 heteroatoms. The molecule has 2 N–H and O–H groups in total. The van der Waals surface area contributed by atoms with Gasteiger partial charge in [0, 0.05) is 31.4 Å². The van der Waals surface area contributed by atoms with Gasteiger partial charge in [-0.3, -0.25) is 9.59 Å². The summed E-state index contributed by atoms with van der Waals surface area (Å²) >= 11 is 0. The first kappa shape index (κ1) is 19.8. The van der Waals surface area contributed by atoms with Crippen molar-refractivity contribution < 1.29 is 18.7 Å². The number of carbonyl (C=O) groups is 2. The van der Waals surface area contributed by atoms with Crippen molar-refractivity contribution in [3.05, 3.63) is 48.4 Å². The molecule has 1 saturated heterocycles. The highest BCUT2D eigenvalue weighted by Gasteiger charge is 2.16. The Morgan fingerprint density at radius 3 is 2.88 bits per heavy atom. The molecular weight excluding hydrogens is 358 g/mol. The number of furan rings is 1. The molecule has 2 heterocycles. The minimum Gasteiger partial charge on any atom is -0.484 e. The van der Waals surface area contributed by atoms with Gasteiger partial charge in [0.2, 0.25) is 0 Å². The third-order valence-corrected chi connectivity index (χ3v) is 3.89. The number of hydrogen-bond donors (Lipinski definition) is 2. The number of hydrogen-bond acceptors (Lipinski definition) is 5. The Hall–Kier alpha value is -2.51. The van der Waals surface area contributed by atoms with Crippen molar-refractivity contribution in [2.75, 3.05) is 38.1 Å². The lowest BCUT2D eigenvalue weighted by molar-refractivity contribution is -0.133. The van der Waals surface area contributed by atoms with E-state index in [1.165, 1.54) is 6.26 Å². The van der Waals surface area contributed by atoms with Gasteiger partial charge in [-0.1, -0.05) is 6.07 Å². The van der Waals surface area contributed by atoms with E-state index in [1.54, 1.807) is 36.4 Å². The summed E-state index contributed by atoms with van der Waals surface area (Å²) in [6, 6.07) is 10.2. The van der Waals surface area contributed by atoms with E-state index >= 15 is 0 Å². The molecule has 1 fully saturated rings. The Balaban J connectivity index is 0.00000243. The second-order valence-electron chi connectivity index (χ2n) is 5.73. The van der Waals surface area contributed by atoms with Crippen LogP contribution in [0.25, 0.3) is 0 Å². The molecule has 26 heavy (non-hydrogen) atoms. The molecule has 0 radical (unpaired) electrons. The molecule has 1 aromatic heterocycles. The lowest BCUT2D eigenvalue weighted by Gasteiger charge is -2.20. The second-order valence-corrected chi connectivity index (χ2v) is 5.73. The summed E-state index contributed by atoms with van der Waals surface area (Å²) in [5, 5.41) is 5.99. The zero-order valence-corrected chi connectivity index (χ0v) is 15.1. The van der Waals surface area contributed by atoms with Crippen molar-refractivity contribution >= 4 is 29.9 Å². The van der Waals surface area contributed by atoms with Crippen molar-refractivity contribution in [1.82, 2.24) is 10.2 Å². The summed E-state index contributed by atoms with van der Waals surface area (Å²) in [6.07, 6.45) is 2.39. The third kappa shape index (κ3) is 5.50. The van der Waals surface area contributed by atoms with Crippen LogP contribution in [0.15, 0.2) is 47.1 Å². The number of rotatable bonds is 5. The molecule has 2 amide bonds. The first-order valence-corrected chi connectivity index (χ1v) is 8.28. The van der Waals surface area contributed by atoms with Gasteiger partial charge in [-0.25, -0.2) is 0 Å². The standard InChI is InChI=1S/C18H21N3O4.ClH/c22-17(21-9-3-7-19-8-10-21)13-25-15-5-1-4-14(12-15)20-18(23)16-6-2-11-24-16;/h1-2,4-6,11-12,19H,3,7-10,13H2,(H,20,23);1H. The van der Waals surface area contributed by atoms with Crippen LogP contribution in [-0.4, -0.2) is 49.5 Å². The van der Waals surface area contributed by atoms with Crippen molar-refractivity contribution in [3.63, 3.8) is 0 Å². The molecule has 1 aliphatic rings. The normalized spacial score (nSPS) is 14.1. The fraction of sp³-hybridized carbons (Fsp3) is 0.333. The Morgan fingerprint density at radius 1 is 1.19 bits per heavy atom. The molecule has 1 aromatic carbocycles. The van der Waals surface area contributed by atoms with Crippen molar-refractivity contribution in [3.8, 4) is 5.75 Å². The number of anilines is 1. The van der Waals surface area contributed by atoms with Crippen molar-refractivity contribution in [1.29, 1.82) is 0 Å². The highest BCUT2D eigenvalue weighted by Crippen LogP contribution is 2.18. The summed E-state index contributed by atoms with van der Waals surface area (Å²) in [4.78, 5) is 26.0. The van der Waals surface area contributed by atoms with Gasteiger partial charge in [0.25, 0.3) is 11.8 Å². The highest BCUT2D eigenvalue weighted by molar-refractivity contribution is 6.02. The zero-order chi connectivity index (χ0) is 17.5. The average molecular weight is 380 g/mol. The summed E-state index contributed by atoms with van der Waals surface area (Å²) in [5.74, 6) is 0.388. The zero-order valence-electron chi connectivity index (χ0n) is 14.3. The van der Waals surface area contributed by atoms with Gasteiger partial charge in [-0.2, -0.15) is 0 Å². The minimum atomic E-state index is -0.338. The molecular formula is C18H22ClN3O4. The van der Waals surface area contributed by atoms with Crippen LogP contribution in [0.1, 0.15) is 17.0 Å². The van der Waals surface area contributed by atoms with E-state index in [-0.39, 0.29) is 36.6 Å². The van der Waals surface area contributed by atoms with Crippen LogP contribution in [0.5, 0.6) is 5.75 Å². The van der Waals surface area contributed by atoms with E-state index < -0.39 is 0 Å². The predicted octanol–water partition coefficient (Wildman–Crippen LogP) is 2.15. The molecule has 0 atom stereocenters. The minimum absolute atomic E-state index is 0. The highest BCUT2D eigenvalue weighted by atomic mass is 35.5. The van der Waals surface area contributed by atoms with Crippen LogP contribution in [0, 0.1) is 0 Å². The quantitative estimate of drug-likeness (QED) is 0.831. The van der Waals surface area contributed by atoms with Gasteiger partial charge in [0.1, 0.15) is 5.75 Å². The first-order chi connectivity index (χ1) is 12.2. The SMILES string of the molecule is Cl.O=C(Nc1cccc(OCC(=O)N2CCCNCC2)c1)c1ccco1. The van der Waals surface area contributed by atoms with Crippen LogP contribution >= 0.6 is 12.4 Å². The van der Waals surface area contributed by atoms with Gasteiger partial charge in [-0.05, 0) is 37.2 Å². The van der Waals surface area contributed by atoms with Gasteiger partial charge in [0.15, 0.2) is 12.4 Å². The maximum atomic E-state index is 12.2. The van der Waals surface area contributed by atoms with Gasteiger partial charge >= 0.3 is 0 Å². The number of carbonyl (C=O) groups excluding carboxylic acids is 2. The van der Waals surface area contributed by atoms with Crippen LogP contribution in [0.2, 0.25) is 0 Å². The van der Waals surface area contributed by atoms with Crippen LogP contribution in [0.3, 0.4) is 0 Å². The van der Waals surface area contributed by atoms with Crippen LogP contribution in [0.4, 0.5) is 5.69 Å². The number of nitrogens with zero attached hydrogens (tertiary/aromatic N) is 1. The third-order valence-electron chi connectivity index (χ3n) is 3.89. The van der Waals surface area contributed by atoms with E-state index in [2.05, 4.69) is 10.6 Å². The number of halogens is 1. The summed E-state index contributed by atoms with van der Waals surface area (Å²) in [6.45, 7) is 3.16. The average Bonchev–Trinajstić information content (AvgIpc) is 3.03. The smallest absolute Gasteiger partial charge is 0.291 e. The van der Waals surface area contributed by atoms with Crippen LogP contribution < -0.4 is 15.4 Å². The maximum absolute atomic E-state index is 12.2. The molecule has 0 spiro atoms. The molecule has 0 aliphatic carbocycles. The van der Waals surface area contributed by atoms with Crippen molar-refractivity contribution in [2.24, 2.45) is 0 Å². The number of nitrogens with one attached hydrogen (secondary N) is 2. The van der Waals surface area contributed by atoms with E-state index in [0.717, 1.165) is 26.1 Å². The lowest BCUT2D eigenvalue weighted by atomic mass is 10.3. The van der Waals surface area contributed by atoms with Gasteiger partial charge in [0.05, 0.1) is 6.26 Å². The molecule has 1 aliphatic heterocycles. The van der Waals surface area contributed by atoms with E-state index in [1.807, 2.05) is 4.90 Å². The van der Waals surface area contributed by atoms with Gasteiger partial charge in [-0.15, -0.1) is 12.4 Å². The molecule has 7 nitrogen and oxygen atoms in total. The second kappa shape index (κ2) is 9.84. The van der Waals surface area contributed by atoms with E-state index in [9.17, 15) is 9.59 Å². The Kier molecular flexibility index (Phi) is 7.50. The Labute approximate surface area is 158 Å². The first-order valence-electron chi connectivity index (χ1n) is 8.28. The Morgan fingerprint density at radius 2 is 2.08 bits per heavy atom. The molecule has 2 aromatic rings.